The summed E-state index contributed by atoms with van der Waals surface area (Å²) in [6.45, 7) is 0.380. The Hall–Kier alpha value is -2.71. The maximum atomic E-state index is 12.6. The highest BCUT2D eigenvalue weighted by molar-refractivity contribution is 7.89. The molecule has 8 heteroatoms. The number of hydrogen-bond donors (Lipinski definition) is 3. The quantitative estimate of drug-likeness (QED) is 0.541. The van der Waals surface area contributed by atoms with Crippen LogP contribution in [0.4, 0.5) is 5.69 Å². The molecule has 3 N–H and O–H groups in total. The Morgan fingerprint density at radius 3 is 2.38 bits per heavy atom. The Morgan fingerprint density at radius 1 is 0.938 bits per heavy atom. The molecule has 2 amide bonds. The Bertz CT molecular complexity index is 1090. The molecule has 0 atom stereocenters. The first-order valence-corrected chi connectivity index (χ1v) is 12.7. The van der Waals surface area contributed by atoms with Gasteiger partial charge in [-0.3, -0.25) is 9.59 Å². The average molecular weight is 456 g/mol. The zero-order valence-electron chi connectivity index (χ0n) is 18.0. The Labute approximate surface area is 189 Å². The molecule has 1 saturated carbocycles. The van der Waals surface area contributed by atoms with Crippen molar-refractivity contribution in [3.8, 4) is 0 Å². The van der Waals surface area contributed by atoms with E-state index < -0.39 is 10.0 Å². The van der Waals surface area contributed by atoms with Crippen molar-refractivity contribution in [3.63, 3.8) is 0 Å². The molecule has 7 nitrogen and oxygen atoms in total. The Balaban J connectivity index is 1.20. The SMILES string of the molecule is O=C(CCNS(=O)(=O)c1ccc2c(c1)CCCC2)NCc1ccc(NC(=O)C2CC2)cc1. The second-order valence-corrected chi connectivity index (χ2v) is 10.3. The first-order chi connectivity index (χ1) is 15.4. The summed E-state index contributed by atoms with van der Waals surface area (Å²) in [7, 11) is -3.64. The van der Waals surface area contributed by atoms with Gasteiger partial charge >= 0.3 is 0 Å². The van der Waals surface area contributed by atoms with Crippen molar-refractivity contribution in [1.29, 1.82) is 0 Å². The van der Waals surface area contributed by atoms with Crippen LogP contribution < -0.4 is 15.4 Å². The monoisotopic (exact) mass is 455 g/mol. The van der Waals surface area contributed by atoms with Crippen molar-refractivity contribution in [2.24, 2.45) is 5.92 Å². The number of anilines is 1. The van der Waals surface area contributed by atoms with Crippen molar-refractivity contribution in [2.75, 3.05) is 11.9 Å². The Morgan fingerprint density at radius 2 is 1.66 bits per heavy atom. The highest BCUT2D eigenvalue weighted by atomic mass is 32.2. The number of nitrogens with one attached hydrogen (secondary N) is 3. The lowest BCUT2D eigenvalue weighted by Gasteiger charge is -2.16. The average Bonchev–Trinajstić information content (AvgIpc) is 3.64. The first-order valence-electron chi connectivity index (χ1n) is 11.2. The summed E-state index contributed by atoms with van der Waals surface area (Å²) >= 11 is 0. The van der Waals surface area contributed by atoms with Gasteiger partial charge in [0.1, 0.15) is 0 Å². The molecule has 2 aromatic rings. The van der Waals surface area contributed by atoms with Crippen LogP contribution in [0.2, 0.25) is 0 Å². The molecule has 170 valence electrons. The summed E-state index contributed by atoms with van der Waals surface area (Å²) in [6, 6.07) is 12.6. The molecule has 1 fully saturated rings. The van der Waals surface area contributed by atoms with E-state index in [1.165, 1.54) is 5.56 Å². The van der Waals surface area contributed by atoms with Crippen LogP contribution >= 0.6 is 0 Å². The molecular formula is C24H29N3O4S. The highest BCUT2D eigenvalue weighted by Crippen LogP contribution is 2.30. The lowest BCUT2D eigenvalue weighted by molar-refractivity contribution is -0.121. The third-order valence-corrected chi connectivity index (χ3v) is 7.39. The van der Waals surface area contributed by atoms with Gasteiger partial charge in [-0.05, 0) is 79.5 Å². The van der Waals surface area contributed by atoms with Crippen LogP contribution in [0.3, 0.4) is 0 Å². The number of aryl methyl sites for hydroxylation is 2. The second-order valence-electron chi connectivity index (χ2n) is 8.52. The van der Waals surface area contributed by atoms with Crippen LogP contribution in [0.25, 0.3) is 0 Å². The van der Waals surface area contributed by atoms with E-state index >= 15 is 0 Å². The molecule has 4 rings (SSSR count). The fraction of sp³-hybridized carbons (Fsp3) is 0.417. The molecule has 0 heterocycles. The summed E-state index contributed by atoms with van der Waals surface area (Å²) in [5, 5.41) is 5.67. The van der Waals surface area contributed by atoms with E-state index in [4.69, 9.17) is 0 Å². The third kappa shape index (κ3) is 5.95. The number of amides is 2. The van der Waals surface area contributed by atoms with Gasteiger partial charge in [0.05, 0.1) is 4.90 Å². The van der Waals surface area contributed by atoms with Gasteiger partial charge in [0, 0.05) is 31.1 Å². The number of benzene rings is 2. The lowest BCUT2D eigenvalue weighted by Crippen LogP contribution is -2.30. The second kappa shape index (κ2) is 9.83. The van der Waals surface area contributed by atoms with E-state index in [1.54, 1.807) is 12.1 Å². The van der Waals surface area contributed by atoms with Gasteiger partial charge in [0.25, 0.3) is 0 Å². The minimum atomic E-state index is -3.64. The van der Waals surface area contributed by atoms with Crippen LogP contribution in [-0.4, -0.2) is 26.8 Å². The number of rotatable bonds is 9. The maximum absolute atomic E-state index is 12.6. The zero-order valence-corrected chi connectivity index (χ0v) is 18.8. The minimum Gasteiger partial charge on any atom is -0.352 e. The Kier molecular flexibility index (Phi) is 6.91. The largest absolute Gasteiger partial charge is 0.352 e. The maximum Gasteiger partial charge on any atom is 0.240 e. The molecular weight excluding hydrogens is 426 g/mol. The molecule has 0 unspecified atom stereocenters. The third-order valence-electron chi connectivity index (χ3n) is 5.93. The van der Waals surface area contributed by atoms with Gasteiger partial charge in [-0.25, -0.2) is 13.1 Å². The van der Waals surface area contributed by atoms with Crippen LogP contribution in [0.1, 0.15) is 48.8 Å². The van der Waals surface area contributed by atoms with Gasteiger partial charge in [-0.1, -0.05) is 18.2 Å². The normalized spacial score (nSPS) is 15.6. The molecule has 0 aliphatic heterocycles. The summed E-state index contributed by atoms with van der Waals surface area (Å²) in [5.41, 5.74) is 3.98. The first kappa shape index (κ1) is 22.5. The standard InChI is InChI=1S/C24H29N3O4S/c28-23(25-16-17-5-10-21(11-6-17)27-24(29)19-7-8-19)13-14-26-32(30,31)22-12-9-18-3-1-2-4-20(18)15-22/h5-6,9-12,15,19,26H,1-4,7-8,13-14,16H2,(H,25,28)(H,27,29). The summed E-state index contributed by atoms with van der Waals surface area (Å²) in [4.78, 5) is 24.2. The van der Waals surface area contributed by atoms with Crippen molar-refractivity contribution in [1.82, 2.24) is 10.0 Å². The van der Waals surface area contributed by atoms with Crippen molar-refractivity contribution < 1.29 is 18.0 Å². The van der Waals surface area contributed by atoms with Gasteiger partial charge in [0.2, 0.25) is 21.8 Å². The van der Waals surface area contributed by atoms with E-state index in [1.807, 2.05) is 30.3 Å². The topological polar surface area (TPSA) is 104 Å². The van der Waals surface area contributed by atoms with E-state index in [9.17, 15) is 18.0 Å². The van der Waals surface area contributed by atoms with Crippen molar-refractivity contribution in [3.05, 3.63) is 59.2 Å². The number of carbonyl (C=O) groups is 2. The van der Waals surface area contributed by atoms with E-state index in [2.05, 4.69) is 15.4 Å². The number of carbonyl (C=O) groups excluding carboxylic acids is 2. The van der Waals surface area contributed by atoms with E-state index in [0.717, 1.165) is 55.3 Å². The van der Waals surface area contributed by atoms with Gasteiger partial charge in [-0.2, -0.15) is 0 Å². The molecule has 2 aliphatic carbocycles. The molecule has 32 heavy (non-hydrogen) atoms. The summed E-state index contributed by atoms with van der Waals surface area (Å²) in [5.74, 6) is -0.0215. The van der Waals surface area contributed by atoms with Gasteiger partial charge in [0.15, 0.2) is 0 Å². The van der Waals surface area contributed by atoms with Crippen molar-refractivity contribution in [2.45, 2.75) is 56.4 Å². The minimum absolute atomic E-state index is 0.0391. The molecule has 0 aromatic heterocycles. The van der Waals surface area contributed by atoms with Crippen LogP contribution in [0.5, 0.6) is 0 Å². The molecule has 0 radical (unpaired) electrons. The zero-order chi connectivity index (χ0) is 22.6. The molecule has 0 bridgehead atoms. The van der Waals surface area contributed by atoms with Crippen LogP contribution in [0.15, 0.2) is 47.4 Å². The van der Waals surface area contributed by atoms with E-state index in [0.29, 0.717) is 6.54 Å². The highest BCUT2D eigenvalue weighted by Gasteiger charge is 2.29. The van der Waals surface area contributed by atoms with Gasteiger partial charge in [-0.15, -0.1) is 0 Å². The predicted octanol–water partition coefficient (Wildman–Crippen LogP) is 2.90. The predicted molar refractivity (Wildman–Crippen MR) is 123 cm³/mol. The molecule has 0 spiro atoms. The molecule has 0 saturated heterocycles. The number of hydrogen-bond acceptors (Lipinski definition) is 4. The van der Waals surface area contributed by atoms with Crippen LogP contribution in [-0.2, 0) is 39.0 Å². The fourth-order valence-corrected chi connectivity index (χ4v) is 4.93. The van der Waals surface area contributed by atoms with Crippen LogP contribution in [0, 0.1) is 5.92 Å². The lowest BCUT2D eigenvalue weighted by atomic mass is 9.92. The van der Waals surface area contributed by atoms with Gasteiger partial charge < -0.3 is 10.6 Å². The van der Waals surface area contributed by atoms with E-state index in [-0.39, 0.29) is 35.6 Å². The molecule has 2 aliphatic rings. The smallest absolute Gasteiger partial charge is 0.240 e. The summed E-state index contributed by atoms with van der Waals surface area (Å²) in [6.07, 6.45) is 6.12. The number of sulfonamides is 1. The molecule has 2 aromatic carbocycles. The summed E-state index contributed by atoms with van der Waals surface area (Å²) < 4.78 is 27.6. The number of fused-ring (bicyclic) bond motifs is 1. The van der Waals surface area contributed by atoms with Crippen molar-refractivity contribution >= 4 is 27.5 Å². The fourth-order valence-electron chi connectivity index (χ4n) is 3.84.